The van der Waals surface area contributed by atoms with E-state index in [-0.39, 0.29) is 0 Å². The molecule has 0 radical (unpaired) electrons. The second kappa shape index (κ2) is 4.37. The number of hydrogen-bond acceptors (Lipinski definition) is 4. The molecule has 0 amide bonds. The molecule has 1 aliphatic carbocycles. The molecule has 0 unspecified atom stereocenters. The number of nitrogens with zero attached hydrogens (tertiary/aromatic N) is 2. The van der Waals surface area contributed by atoms with Crippen LogP contribution in [-0.4, -0.2) is 29.1 Å². The fraction of sp³-hybridized carbons (Fsp3) is 0.667. The highest BCUT2D eigenvalue weighted by Gasteiger charge is 2.24. The van der Waals surface area contributed by atoms with Crippen molar-refractivity contribution in [3.8, 4) is 0 Å². The predicted molar refractivity (Wildman–Crippen MR) is 63.5 cm³/mol. The minimum Gasteiger partial charge on any atom is -0.351 e. The molecule has 4 heteroatoms. The van der Waals surface area contributed by atoms with E-state index in [1.165, 1.54) is 18.4 Å². The fourth-order valence-electron chi connectivity index (χ4n) is 2.19. The van der Waals surface area contributed by atoms with Gasteiger partial charge < -0.3 is 10.6 Å². The third-order valence-corrected chi connectivity index (χ3v) is 3.39. The first kappa shape index (κ1) is 10.0. The van der Waals surface area contributed by atoms with Crippen molar-refractivity contribution in [1.29, 1.82) is 0 Å². The highest BCUT2D eigenvalue weighted by Crippen LogP contribution is 2.39. The molecule has 0 aromatic carbocycles. The normalized spacial score (nSPS) is 22.0. The minimum atomic E-state index is 0.535. The maximum atomic E-state index is 4.39. The molecule has 0 bridgehead atoms. The van der Waals surface area contributed by atoms with Crippen LogP contribution in [0, 0.1) is 0 Å². The minimum absolute atomic E-state index is 0.535. The van der Waals surface area contributed by atoms with E-state index in [4.69, 9.17) is 0 Å². The van der Waals surface area contributed by atoms with Gasteiger partial charge in [-0.1, -0.05) is 0 Å². The van der Waals surface area contributed by atoms with Crippen LogP contribution in [0.15, 0.2) is 12.4 Å². The predicted octanol–water partition coefficient (Wildman–Crippen LogP) is 1.52. The SMILES string of the molecule is c1nc(NC2CCNCC2)ncc1C1CC1. The Morgan fingerprint density at radius 2 is 1.75 bits per heavy atom. The molecule has 0 atom stereocenters. The molecule has 1 aromatic heterocycles. The second-order valence-corrected chi connectivity index (χ2v) is 4.78. The van der Waals surface area contributed by atoms with Gasteiger partial charge in [0.1, 0.15) is 0 Å². The van der Waals surface area contributed by atoms with Crippen molar-refractivity contribution in [2.24, 2.45) is 0 Å². The van der Waals surface area contributed by atoms with Crippen LogP contribution in [0.2, 0.25) is 0 Å². The zero-order valence-electron chi connectivity index (χ0n) is 9.45. The highest BCUT2D eigenvalue weighted by atomic mass is 15.1. The average molecular weight is 218 g/mol. The smallest absolute Gasteiger partial charge is 0.222 e. The Hall–Kier alpha value is -1.16. The van der Waals surface area contributed by atoms with Crippen LogP contribution in [0.3, 0.4) is 0 Å². The monoisotopic (exact) mass is 218 g/mol. The Balaban J connectivity index is 1.60. The van der Waals surface area contributed by atoms with E-state index in [1.54, 1.807) is 0 Å². The molecule has 3 rings (SSSR count). The molecule has 2 fully saturated rings. The standard InChI is InChI=1S/C12H18N4/c1-2-9(1)10-7-14-12(15-8-10)16-11-3-5-13-6-4-11/h7-9,11,13H,1-6H2,(H,14,15,16). The third kappa shape index (κ3) is 2.32. The van der Waals surface area contributed by atoms with Gasteiger partial charge in [0.15, 0.2) is 0 Å². The summed E-state index contributed by atoms with van der Waals surface area (Å²) >= 11 is 0. The van der Waals surface area contributed by atoms with Gasteiger partial charge in [-0.2, -0.15) is 0 Å². The maximum Gasteiger partial charge on any atom is 0.222 e. The molecule has 1 aliphatic heterocycles. The molecular formula is C12H18N4. The molecule has 1 saturated heterocycles. The van der Waals surface area contributed by atoms with Crippen LogP contribution < -0.4 is 10.6 Å². The first-order valence-corrected chi connectivity index (χ1v) is 6.21. The van der Waals surface area contributed by atoms with Crippen molar-refractivity contribution in [2.75, 3.05) is 18.4 Å². The first-order chi connectivity index (χ1) is 7.92. The topological polar surface area (TPSA) is 49.8 Å². The van der Waals surface area contributed by atoms with Gasteiger partial charge in [0, 0.05) is 18.4 Å². The maximum absolute atomic E-state index is 4.39. The van der Waals surface area contributed by atoms with E-state index in [9.17, 15) is 0 Å². The lowest BCUT2D eigenvalue weighted by Gasteiger charge is -2.23. The van der Waals surface area contributed by atoms with E-state index in [1.807, 2.05) is 12.4 Å². The molecule has 1 saturated carbocycles. The molecule has 4 nitrogen and oxygen atoms in total. The van der Waals surface area contributed by atoms with E-state index in [0.717, 1.165) is 37.8 Å². The van der Waals surface area contributed by atoms with E-state index >= 15 is 0 Å². The van der Waals surface area contributed by atoms with E-state index < -0.39 is 0 Å². The van der Waals surface area contributed by atoms with Crippen LogP contribution in [0.4, 0.5) is 5.95 Å². The summed E-state index contributed by atoms with van der Waals surface area (Å²) in [5, 5.41) is 6.76. The Kier molecular flexibility index (Phi) is 2.74. The van der Waals surface area contributed by atoms with Crippen LogP contribution in [0.1, 0.15) is 37.2 Å². The van der Waals surface area contributed by atoms with Gasteiger partial charge >= 0.3 is 0 Å². The van der Waals surface area contributed by atoms with Gasteiger partial charge in [0.05, 0.1) is 0 Å². The van der Waals surface area contributed by atoms with Crippen molar-refractivity contribution in [3.05, 3.63) is 18.0 Å². The van der Waals surface area contributed by atoms with Gasteiger partial charge in [-0.05, 0) is 50.3 Å². The summed E-state index contributed by atoms with van der Waals surface area (Å²) in [5.74, 6) is 1.53. The van der Waals surface area contributed by atoms with Crippen molar-refractivity contribution in [2.45, 2.75) is 37.6 Å². The van der Waals surface area contributed by atoms with Gasteiger partial charge in [-0.25, -0.2) is 9.97 Å². The summed E-state index contributed by atoms with van der Waals surface area (Å²) in [6.07, 6.45) is 8.90. The Morgan fingerprint density at radius 1 is 1.06 bits per heavy atom. The van der Waals surface area contributed by atoms with Crippen molar-refractivity contribution >= 4 is 5.95 Å². The van der Waals surface area contributed by atoms with Gasteiger partial charge in [0.25, 0.3) is 0 Å². The zero-order valence-corrected chi connectivity index (χ0v) is 9.45. The number of nitrogens with one attached hydrogen (secondary N) is 2. The van der Waals surface area contributed by atoms with Gasteiger partial charge in [0.2, 0.25) is 5.95 Å². The number of piperidine rings is 1. The first-order valence-electron chi connectivity index (χ1n) is 6.21. The van der Waals surface area contributed by atoms with Crippen molar-refractivity contribution in [3.63, 3.8) is 0 Å². The average Bonchev–Trinajstić information content (AvgIpc) is 3.15. The molecule has 16 heavy (non-hydrogen) atoms. The van der Waals surface area contributed by atoms with Crippen LogP contribution in [0.25, 0.3) is 0 Å². The van der Waals surface area contributed by atoms with E-state index in [2.05, 4.69) is 20.6 Å². The largest absolute Gasteiger partial charge is 0.351 e. The second-order valence-electron chi connectivity index (χ2n) is 4.78. The summed E-state index contributed by atoms with van der Waals surface area (Å²) in [6, 6.07) is 0.535. The molecule has 0 spiro atoms. The van der Waals surface area contributed by atoms with Crippen LogP contribution in [-0.2, 0) is 0 Å². The molecule has 2 aliphatic rings. The number of anilines is 1. The summed E-state index contributed by atoms with van der Waals surface area (Å²) < 4.78 is 0. The van der Waals surface area contributed by atoms with E-state index in [0.29, 0.717) is 6.04 Å². The van der Waals surface area contributed by atoms with Crippen molar-refractivity contribution < 1.29 is 0 Å². The molecule has 1 aromatic rings. The zero-order chi connectivity index (χ0) is 10.8. The summed E-state index contributed by atoms with van der Waals surface area (Å²) in [7, 11) is 0. The summed E-state index contributed by atoms with van der Waals surface area (Å²) in [5.41, 5.74) is 1.30. The Bertz CT molecular complexity index is 339. The lowest BCUT2D eigenvalue weighted by Crippen LogP contribution is -2.35. The molecule has 2 heterocycles. The highest BCUT2D eigenvalue weighted by molar-refractivity contribution is 5.28. The van der Waals surface area contributed by atoms with Gasteiger partial charge in [-0.3, -0.25) is 0 Å². The number of rotatable bonds is 3. The third-order valence-electron chi connectivity index (χ3n) is 3.39. The Morgan fingerprint density at radius 3 is 2.38 bits per heavy atom. The van der Waals surface area contributed by atoms with Crippen LogP contribution in [0.5, 0.6) is 0 Å². The number of aromatic nitrogens is 2. The molecule has 86 valence electrons. The summed E-state index contributed by atoms with van der Waals surface area (Å²) in [6.45, 7) is 2.19. The van der Waals surface area contributed by atoms with Crippen LogP contribution >= 0.6 is 0 Å². The Labute approximate surface area is 95.9 Å². The molecule has 2 N–H and O–H groups in total. The number of hydrogen-bond donors (Lipinski definition) is 2. The molecular weight excluding hydrogens is 200 g/mol. The summed E-state index contributed by atoms with van der Waals surface area (Å²) in [4.78, 5) is 8.78. The lowest BCUT2D eigenvalue weighted by atomic mass is 10.1. The van der Waals surface area contributed by atoms with Crippen molar-refractivity contribution in [1.82, 2.24) is 15.3 Å². The fourth-order valence-corrected chi connectivity index (χ4v) is 2.19. The van der Waals surface area contributed by atoms with Gasteiger partial charge in [-0.15, -0.1) is 0 Å². The quantitative estimate of drug-likeness (QED) is 0.807. The lowest BCUT2D eigenvalue weighted by molar-refractivity contribution is 0.477.